The maximum Gasteiger partial charge on any atom is 0.329 e. The maximum absolute atomic E-state index is 12.5. The molecule has 4 aromatic rings. The number of aryl methyl sites for hydroxylation is 1. The number of amides is 1. The minimum absolute atomic E-state index is 0.0123. The third-order valence-electron chi connectivity index (χ3n) is 4.66. The van der Waals surface area contributed by atoms with Gasteiger partial charge in [-0.1, -0.05) is 42.1 Å². The fourth-order valence-electron chi connectivity index (χ4n) is 3.11. The largest absolute Gasteiger partial charge is 0.329 e. The number of hydrogen-bond donors (Lipinski definition) is 2. The third-order valence-corrected chi connectivity index (χ3v) is 6.84. The van der Waals surface area contributed by atoms with E-state index in [0.717, 1.165) is 22.0 Å². The van der Waals surface area contributed by atoms with Crippen LogP contribution >= 0.6 is 23.1 Å². The monoisotopic (exact) mass is 483 g/mol. The van der Waals surface area contributed by atoms with Crippen molar-refractivity contribution in [1.82, 2.24) is 14.5 Å². The lowest BCUT2D eigenvalue weighted by Crippen LogP contribution is -2.33. The van der Waals surface area contributed by atoms with Gasteiger partial charge in [0.1, 0.15) is 5.82 Å². The van der Waals surface area contributed by atoms with Crippen LogP contribution in [0.5, 0.6) is 0 Å². The molecule has 0 bridgehead atoms. The molecule has 0 atom stereocenters. The number of fused-ring (bicyclic) bond motifs is 1. The minimum Gasteiger partial charge on any atom is -0.311 e. The number of non-ortho nitro benzene ring substituents is 1. The van der Waals surface area contributed by atoms with Crippen molar-refractivity contribution >= 4 is 50.7 Å². The number of thiazole rings is 1. The lowest BCUT2D eigenvalue weighted by molar-refractivity contribution is -0.384. The Morgan fingerprint density at radius 2 is 1.97 bits per heavy atom. The van der Waals surface area contributed by atoms with Crippen molar-refractivity contribution in [2.75, 3.05) is 11.1 Å². The van der Waals surface area contributed by atoms with Crippen LogP contribution in [0.3, 0.4) is 0 Å². The van der Waals surface area contributed by atoms with Crippen molar-refractivity contribution in [3.63, 3.8) is 0 Å². The number of hydrogen-bond acceptors (Lipinski definition) is 8. The molecule has 12 heteroatoms. The van der Waals surface area contributed by atoms with Crippen LogP contribution in [-0.2, 0) is 17.8 Å². The standard InChI is InChI=1S/C21H17N5O5S2/c27-18-11-17(25(20(29)24-18)9-8-13-4-2-1-3-5-13)23-19(28)12-32-21-22-15-10-14(26(30)31)6-7-16(15)33-21/h1-7,10-11H,8-9,12H2,(H,23,28)(H,24,27,29). The van der Waals surface area contributed by atoms with Crippen molar-refractivity contribution in [3.8, 4) is 0 Å². The molecule has 0 fully saturated rings. The zero-order valence-corrected chi connectivity index (χ0v) is 18.6. The van der Waals surface area contributed by atoms with Crippen LogP contribution in [0.1, 0.15) is 5.56 Å². The van der Waals surface area contributed by atoms with Gasteiger partial charge in [-0.15, -0.1) is 11.3 Å². The second-order valence-corrected chi connectivity index (χ2v) is 9.19. The number of rotatable bonds is 8. The van der Waals surface area contributed by atoms with E-state index in [1.54, 1.807) is 6.07 Å². The van der Waals surface area contributed by atoms with Crippen LogP contribution < -0.4 is 16.6 Å². The molecule has 4 rings (SSSR count). The molecule has 1 amide bonds. The van der Waals surface area contributed by atoms with Gasteiger partial charge in [0.25, 0.3) is 11.2 Å². The Morgan fingerprint density at radius 3 is 2.73 bits per heavy atom. The van der Waals surface area contributed by atoms with Crippen molar-refractivity contribution in [2.24, 2.45) is 0 Å². The predicted molar refractivity (Wildman–Crippen MR) is 127 cm³/mol. The smallest absolute Gasteiger partial charge is 0.311 e. The first kappa shape index (κ1) is 22.4. The zero-order valence-electron chi connectivity index (χ0n) is 17.0. The molecule has 168 valence electrons. The molecule has 0 unspecified atom stereocenters. The van der Waals surface area contributed by atoms with E-state index in [4.69, 9.17) is 0 Å². The van der Waals surface area contributed by atoms with Crippen molar-refractivity contribution < 1.29 is 9.72 Å². The molecule has 2 N–H and O–H groups in total. The number of nitro groups is 1. The SMILES string of the molecule is O=C(CSc1nc2cc([N+](=O)[O-])ccc2s1)Nc1cc(=O)[nH]c(=O)n1CCc1ccccc1. The molecule has 0 saturated carbocycles. The molecule has 0 aliphatic heterocycles. The molecule has 0 saturated heterocycles. The number of aromatic amines is 1. The predicted octanol–water partition coefficient (Wildman–Crippen LogP) is 3.03. The van der Waals surface area contributed by atoms with Gasteiger partial charge in [0.2, 0.25) is 5.91 Å². The first-order chi connectivity index (χ1) is 15.9. The van der Waals surface area contributed by atoms with E-state index in [-0.39, 0.29) is 23.8 Å². The van der Waals surface area contributed by atoms with Crippen LogP contribution in [-0.4, -0.2) is 31.1 Å². The van der Waals surface area contributed by atoms with Crippen LogP contribution in [0.25, 0.3) is 10.2 Å². The fourth-order valence-corrected chi connectivity index (χ4v) is 4.96. The van der Waals surface area contributed by atoms with Gasteiger partial charge in [-0.3, -0.25) is 29.3 Å². The number of benzene rings is 2. The minimum atomic E-state index is -0.605. The van der Waals surface area contributed by atoms with E-state index in [9.17, 15) is 24.5 Å². The summed E-state index contributed by atoms with van der Waals surface area (Å²) in [5.74, 6) is -0.310. The van der Waals surface area contributed by atoms with Crippen molar-refractivity contribution in [3.05, 3.63) is 91.1 Å². The fraction of sp³-hybridized carbons (Fsp3) is 0.143. The number of anilines is 1. The second-order valence-electron chi connectivity index (χ2n) is 6.94. The molecule has 2 aromatic heterocycles. The van der Waals surface area contributed by atoms with E-state index in [1.165, 1.54) is 34.1 Å². The average molecular weight is 484 g/mol. The summed E-state index contributed by atoms with van der Waals surface area (Å²) in [6, 6.07) is 15.1. The molecule has 0 spiro atoms. The van der Waals surface area contributed by atoms with Gasteiger partial charge in [0.15, 0.2) is 4.34 Å². The summed E-state index contributed by atoms with van der Waals surface area (Å²) < 4.78 is 2.66. The number of nitrogens with zero attached hydrogens (tertiary/aromatic N) is 3. The van der Waals surface area contributed by atoms with Gasteiger partial charge >= 0.3 is 5.69 Å². The number of carbonyl (C=O) groups excluding carboxylic acids is 1. The van der Waals surface area contributed by atoms with Crippen molar-refractivity contribution in [2.45, 2.75) is 17.3 Å². The van der Waals surface area contributed by atoms with Gasteiger partial charge in [-0.05, 0) is 18.1 Å². The molecule has 10 nitrogen and oxygen atoms in total. The summed E-state index contributed by atoms with van der Waals surface area (Å²) in [5.41, 5.74) is 0.242. The number of nitro benzene ring substituents is 1. The topological polar surface area (TPSA) is 140 Å². The summed E-state index contributed by atoms with van der Waals surface area (Å²) in [5, 5.41) is 13.5. The van der Waals surface area contributed by atoms with Gasteiger partial charge in [-0.25, -0.2) is 9.78 Å². The summed E-state index contributed by atoms with van der Waals surface area (Å²) in [7, 11) is 0. The summed E-state index contributed by atoms with van der Waals surface area (Å²) in [6.07, 6.45) is 0.544. The zero-order chi connectivity index (χ0) is 23.4. The van der Waals surface area contributed by atoms with Crippen LogP contribution in [0.15, 0.2) is 68.5 Å². The highest BCUT2D eigenvalue weighted by Gasteiger charge is 2.14. The van der Waals surface area contributed by atoms with Crippen LogP contribution in [0, 0.1) is 10.1 Å². The van der Waals surface area contributed by atoms with E-state index in [0.29, 0.717) is 16.3 Å². The highest BCUT2D eigenvalue weighted by Crippen LogP contribution is 2.31. The van der Waals surface area contributed by atoms with Crippen molar-refractivity contribution in [1.29, 1.82) is 0 Å². The summed E-state index contributed by atoms with van der Waals surface area (Å²) in [4.78, 5) is 53.6. The van der Waals surface area contributed by atoms with Gasteiger partial charge in [-0.2, -0.15) is 0 Å². The molecule has 2 heterocycles. The first-order valence-electron chi connectivity index (χ1n) is 9.75. The Balaban J connectivity index is 1.44. The Morgan fingerprint density at radius 1 is 1.18 bits per heavy atom. The third kappa shape index (κ3) is 5.54. The van der Waals surface area contributed by atoms with Gasteiger partial charge in [0.05, 0.1) is 20.9 Å². The molecule has 0 radical (unpaired) electrons. The van der Waals surface area contributed by atoms with Gasteiger partial charge < -0.3 is 5.32 Å². The number of H-pyrrole nitrogens is 1. The molecule has 2 aromatic carbocycles. The lowest BCUT2D eigenvalue weighted by Gasteiger charge is -2.12. The van der Waals surface area contributed by atoms with E-state index >= 15 is 0 Å². The van der Waals surface area contributed by atoms with E-state index in [1.807, 2.05) is 30.3 Å². The van der Waals surface area contributed by atoms with Crippen LogP contribution in [0.4, 0.5) is 11.5 Å². The summed E-state index contributed by atoms with van der Waals surface area (Å²) in [6.45, 7) is 0.277. The quantitative estimate of drug-likeness (QED) is 0.223. The molecule has 0 aliphatic rings. The molecule has 0 aliphatic carbocycles. The molecule has 33 heavy (non-hydrogen) atoms. The number of carbonyl (C=O) groups is 1. The maximum atomic E-state index is 12.5. The lowest BCUT2D eigenvalue weighted by atomic mass is 10.1. The Bertz CT molecular complexity index is 1440. The van der Waals surface area contributed by atoms with E-state index < -0.39 is 22.1 Å². The van der Waals surface area contributed by atoms with Gasteiger partial charge in [0, 0.05) is 24.7 Å². The Hall–Kier alpha value is -3.77. The summed E-state index contributed by atoms with van der Waals surface area (Å²) >= 11 is 2.48. The molecular formula is C21H17N5O5S2. The molecular weight excluding hydrogens is 466 g/mol. The number of thioether (sulfide) groups is 1. The first-order valence-corrected chi connectivity index (χ1v) is 11.5. The normalized spacial score (nSPS) is 10.9. The highest BCUT2D eigenvalue weighted by atomic mass is 32.2. The highest BCUT2D eigenvalue weighted by molar-refractivity contribution is 8.01. The average Bonchev–Trinajstić information content (AvgIpc) is 3.20. The van der Waals surface area contributed by atoms with Crippen LogP contribution in [0.2, 0.25) is 0 Å². The number of aromatic nitrogens is 3. The van der Waals surface area contributed by atoms with E-state index in [2.05, 4.69) is 15.3 Å². The Kier molecular flexibility index (Phi) is 6.66. The Labute approximate surface area is 194 Å². The number of nitrogens with one attached hydrogen (secondary N) is 2. The second kappa shape index (κ2) is 9.79.